The fraction of sp³-hybridized carbons (Fsp3) is 0.308. The molecule has 3 rings (SSSR count). The number of hydrogen-bond acceptors (Lipinski definition) is 2. The van der Waals surface area contributed by atoms with Gasteiger partial charge in [0.1, 0.15) is 0 Å². The monoisotopic (exact) mass is 481 g/mol. The Kier molecular flexibility index (Phi) is 8.05. The van der Waals surface area contributed by atoms with Gasteiger partial charge in [-0.1, -0.05) is 60.7 Å². The first-order valence-electron chi connectivity index (χ1n) is 10.7. The van der Waals surface area contributed by atoms with Crippen molar-refractivity contribution in [2.75, 3.05) is 6.61 Å². The Labute approximate surface area is 194 Å². The first-order chi connectivity index (χ1) is 16.0. The quantitative estimate of drug-likeness (QED) is 0.351. The average molecular weight is 481 g/mol. The van der Waals surface area contributed by atoms with E-state index in [1.807, 2.05) is 60.7 Å². The molecule has 0 saturated carbocycles. The highest BCUT2D eigenvalue weighted by molar-refractivity contribution is 5.35. The molecular weight excluding hydrogens is 456 g/mol. The number of ether oxygens (including phenoxy) is 1. The summed E-state index contributed by atoms with van der Waals surface area (Å²) in [6.45, 7) is 1.44. The van der Waals surface area contributed by atoms with E-state index in [1.54, 1.807) is 6.92 Å². The molecule has 0 aromatic heterocycles. The summed E-state index contributed by atoms with van der Waals surface area (Å²) in [7, 11) is 0. The van der Waals surface area contributed by atoms with Gasteiger partial charge in [0, 0.05) is 17.9 Å². The average Bonchev–Trinajstić information content (AvgIpc) is 2.78. The van der Waals surface area contributed by atoms with Crippen LogP contribution in [0.4, 0.5) is 26.3 Å². The van der Waals surface area contributed by atoms with Crippen molar-refractivity contribution >= 4 is 0 Å². The van der Waals surface area contributed by atoms with Crippen LogP contribution in [0.3, 0.4) is 0 Å². The zero-order chi connectivity index (χ0) is 24.9. The van der Waals surface area contributed by atoms with Crippen molar-refractivity contribution in [2.24, 2.45) is 11.7 Å². The van der Waals surface area contributed by atoms with Gasteiger partial charge in [0.05, 0.1) is 24.3 Å². The molecule has 2 N–H and O–H groups in total. The molecule has 3 aromatic rings. The Morgan fingerprint density at radius 2 is 1.18 bits per heavy atom. The second-order valence-electron chi connectivity index (χ2n) is 8.25. The normalized spacial score (nSPS) is 14.3. The molecule has 0 radical (unpaired) electrons. The molecule has 34 heavy (non-hydrogen) atoms. The van der Waals surface area contributed by atoms with E-state index in [-0.39, 0.29) is 36.1 Å². The van der Waals surface area contributed by atoms with Crippen LogP contribution in [0, 0.1) is 5.92 Å². The topological polar surface area (TPSA) is 35.2 Å². The lowest BCUT2D eigenvalue weighted by atomic mass is 9.78. The van der Waals surface area contributed by atoms with Gasteiger partial charge >= 0.3 is 12.4 Å². The highest BCUT2D eigenvalue weighted by Gasteiger charge is 2.37. The fourth-order valence-electron chi connectivity index (χ4n) is 3.97. The van der Waals surface area contributed by atoms with Crippen LogP contribution >= 0.6 is 0 Å². The van der Waals surface area contributed by atoms with Crippen LogP contribution in [-0.4, -0.2) is 12.6 Å². The molecule has 0 bridgehead atoms. The Hall–Kier alpha value is -2.84. The van der Waals surface area contributed by atoms with E-state index >= 15 is 0 Å². The molecule has 0 spiro atoms. The van der Waals surface area contributed by atoms with Crippen LogP contribution in [0.25, 0.3) is 0 Å². The number of benzene rings is 3. The summed E-state index contributed by atoms with van der Waals surface area (Å²) in [5.41, 5.74) is 5.31. The number of rotatable bonds is 8. The lowest BCUT2D eigenvalue weighted by molar-refractivity contribution is -0.143. The van der Waals surface area contributed by atoms with E-state index in [0.29, 0.717) is 12.1 Å². The van der Waals surface area contributed by atoms with Crippen LogP contribution in [0.15, 0.2) is 78.9 Å². The van der Waals surface area contributed by atoms with Gasteiger partial charge in [-0.2, -0.15) is 26.3 Å². The Morgan fingerprint density at radius 1 is 0.735 bits per heavy atom. The predicted molar refractivity (Wildman–Crippen MR) is 118 cm³/mol. The lowest BCUT2D eigenvalue weighted by Crippen LogP contribution is -2.35. The van der Waals surface area contributed by atoms with Crippen LogP contribution in [0.1, 0.15) is 40.7 Å². The maximum Gasteiger partial charge on any atom is 0.416 e. The van der Waals surface area contributed by atoms with Crippen molar-refractivity contribution in [3.05, 3.63) is 107 Å². The van der Waals surface area contributed by atoms with E-state index in [0.717, 1.165) is 11.1 Å². The number of hydrogen-bond donors (Lipinski definition) is 1. The molecule has 0 amide bonds. The van der Waals surface area contributed by atoms with E-state index in [9.17, 15) is 26.3 Å². The number of halogens is 6. The van der Waals surface area contributed by atoms with Crippen molar-refractivity contribution in [3.63, 3.8) is 0 Å². The molecule has 2 atom stereocenters. The molecule has 2 nitrogen and oxygen atoms in total. The molecular formula is C26H25F6NO. The van der Waals surface area contributed by atoms with E-state index in [2.05, 4.69) is 0 Å². The predicted octanol–water partition coefficient (Wildman–Crippen LogP) is 7.04. The molecule has 182 valence electrons. The summed E-state index contributed by atoms with van der Waals surface area (Å²) in [4.78, 5) is 0. The fourth-order valence-corrected chi connectivity index (χ4v) is 3.97. The van der Waals surface area contributed by atoms with E-state index in [1.165, 1.54) is 0 Å². The lowest BCUT2D eigenvalue weighted by Gasteiger charge is -2.31. The second kappa shape index (κ2) is 10.6. The maximum atomic E-state index is 13.1. The van der Waals surface area contributed by atoms with Crippen LogP contribution < -0.4 is 5.73 Å². The molecule has 0 aliphatic carbocycles. The molecule has 0 aliphatic heterocycles. The zero-order valence-corrected chi connectivity index (χ0v) is 18.4. The smallest absolute Gasteiger partial charge is 0.376 e. The third-order valence-electron chi connectivity index (χ3n) is 5.65. The maximum absolute atomic E-state index is 13.1. The minimum Gasteiger partial charge on any atom is -0.376 e. The molecule has 0 fully saturated rings. The molecule has 3 aromatic carbocycles. The standard InChI is InChI=1S/C26H25F6NO/c1-17(33)23(24(19-8-4-2-5-9-19)20-10-6-3-7-11-20)16-34-15-18-12-21(25(27,28)29)14-22(13-18)26(30,31)32/h2-14,17,23-24H,15-16,33H2,1H3. The largest absolute Gasteiger partial charge is 0.416 e. The van der Waals surface area contributed by atoms with Gasteiger partial charge in [0.15, 0.2) is 0 Å². The zero-order valence-electron chi connectivity index (χ0n) is 18.4. The molecule has 2 unspecified atom stereocenters. The third-order valence-corrected chi connectivity index (χ3v) is 5.65. The number of alkyl halides is 6. The highest BCUT2D eigenvalue weighted by Crippen LogP contribution is 2.37. The van der Waals surface area contributed by atoms with Crippen LogP contribution in [0.2, 0.25) is 0 Å². The van der Waals surface area contributed by atoms with Gasteiger partial charge in [0.25, 0.3) is 0 Å². The van der Waals surface area contributed by atoms with Crippen LogP contribution in [-0.2, 0) is 23.7 Å². The second-order valence-corrected chi connectivity index (χ2v) is 8.25. The summed E-state index contributed by atoms with van der Waals surface area (Å²) < 4.78 is 84.6. The summed E-state index contributed by atoms with van der Waals surface area (Å²) in [5, 5.41) is 0. The van der Waals surface area contributed by atoms with Gasteiger partial charge in [-0.15, -0.1) is 0 Å². The third kappa shape index (κ3) is 6.61. The summed E-state index contributed by atoms with van der Waals surface area (Å²) in [6.07, 6.45) is -9.81. The Morgan fingerprint density at radius 3 is 1.56 bits per heavy atom. The first kappa shape index (κ1) is 25.8. The van der Waals surface area contributed by atoms with Crippen LogP contribution in [0.5, 0.6) is 0 Å². The Balaban J connectivity index is 1.86. The SMILES string of the molecule is CC(N)C(COCc1cc(C(F)(F)F)cc(C(F)(F)F)c1)C(c1ccccc1)c1ccccc1. The van der Waals surface area contributed by atoms with E-state index in [4.69, 9.17) is 10.5 Å². The van der Waals surface area contributed by atoms with Gasteiger partial charge in [-0.3, -0.25) is 0 Å². The summed E-state index contributed by atoms with van der Waals surface area (Å²) >= 11 is 0. The van der Waals surface area contributed by atoms with Crippen molar-refractivity contribution in [2.45, 2.75) is 37.8 Å². The molecule has 0 aliphatic rings. The molecule has 8 heteroatoms. The van der Waals surface area contributed by atoms with Crippen molar-refractivity contribution < 1.29 is 31.1 Å². The van der Waals surface area contributed by atoms with Gasteiger partial charge in [-0.05, 0) is 41.8 Å². The van der Waals surface area contributed by atoms with Gasteiger partial charge in [-0.25, -0.2) is 0 Å². The molecule has 0 saturated heterocycles. The minimum absolute atomic E-state index is 0.0454. The van der Waals surface area contributed by atoms with Crippen molar-refractivity contribution in [1.29, 1.82) is 0 Å². The van der Waals surface area contributed by atoms with Crippen molar-refractivity contribution in [1.82, 2.24) is 0 Å². The van der Waals surface area contributed by atoms with Crippen molar-refractivity contribution in [3.8, 4) is 0 Å². The Bertz CT molecular complexity index is 977. The molecule has 0 heterocycles. The first-order valence-corrected chi connectivity index (χ1v) is 10.7. The van der Waals surface area contributed by atoms with E-state index < -0.39 is 30.1 Å². The van der Waals surface area contributed by atoms with Gasteiger partial charge in [0.2, 0.25) is 0 Å². The minimum atomic E-state index is -4.91. The van der Waals surface area contributed by atoms with Gasteiger partial charge < -0.3 is 10.5 Å². The highest BCUT2D eigenvalue weighted by atomic mass is 19.4. The number of nitrogens with two attached hydrogens (primary N) is 1. The summed E-state index contributed by atoms with van der Waals surface area (Å²) in [6, 6.07) is 20.3. The summed E-state index contributed by atoms with van der Waals surface area (Å²) in [5.74, 6) is -0.452.